The summed E-state index contributed by atoms with van der Waals surface area (Å²) in [4.78, 5) is 2.37. The molecule has 0 unspecified atom stereocenters. The molecule has 0 radical (unpaired) electrons. The van der Waals surface area contributed by atoms with Gasteiger partial charge in [0.2, 0.25) is 0 Å². The number of methoxy groups -OCH3 is 1. The number of nitrogens with zero attached hydrogens (tertiary/aromatic N) is 1. The molecule has 1 aromatic rings. The highest BCUT2D eigenvalue weighted by Crippen LogP contribution is 2.43. The number of piperidine rings is 1. The normalized spacial score (nSPS) is 21.8. The average Bonchev–Trinajstić information content (AvgIpc) is 2.37. The molecule has 0 saturated carbocycles. The number of hydrogen-bond acceptors (Lipinski definition) is 3. The van der Waals surface area contributed by atoms with Gasteiger partial charge < -0.3 is 15.0 Å². The zero-order chi connectivity index (χ0) is 12.6. The predicted molar refractivity (Wildman–Crippen MR) is 74.8 cm³/mol. The first-order valence-corrected chi connectivity index (χ1v) is 6.89. The monoisotopic (exact) mass is 266 g/mol. The first-order chi connectivity index (χ1) is 8.72. The molecule has 2 heterocycles. The van der Waals surface area contributed by atoms with Crippen LogP contribution in [0.1, 0.15) is 12.8 Å². The van der Waals surface area contributed by atoms with Crippen molar-refractivity contribution in [3.8, 4) is 5.75 Å². The first-order valence-electron chi connectivity index (χ1n) is 6.52. The minimum Gasteiger partial charge on any atom is -0.495 e. The highest BCUT2D eigenvalue weighted by Gasteiger charge is 2.44. The van der Waals surface area contributed by atoms with E-state index in [0.717, 1.165) is 36.1 Å². The summed E-state index contributed by atoms with van der Waals surface area (Å²) in [5.41, 5.74) is 1.60. The van der Waals surface area contributed by atoms with Crippen LogP contribution in [0, 0.1) is 5.41 Å². The van der Waals surface area contributed by atoms with E-state index in [4.69, 9.17) is 16.3 Å². The lowest BCUT2D eigenvalue weighted by Gasteiger charge is -2.53. The summed E-state index contributed by atoms with van der Waals surface area (Å²) in [6, 6.07) is 5.83. The molecule has 3 rings (SSSR count). The quantitative estimate of drug-likeness (QED) is 0.890. The molecule has 2 fully saturated rings. The van der Waals surface area contributed by atoms with E-state index in [9.17, 15) is 0 Å². The zero-order valence-corrected chi connectivity index (χ0v) is 11.5. The van der Waals surface area contributed by atoms with Gasteiger partial charge in [0.25, 0.3) is 0 Å². The molecule has 3 nitrogen and oxygen atoms in total. The van der Waals surface area contributed by atoms with Crippen molar-refractivity contribution in [2.45, 2.75) is 12.8 Å². The van der Waals surface area contributed by atoms with E-state index in [1.807, 2.05) is 18.2 Å². The third-order valence-corrected chi connectivity index (χ3v) is 4.33. The zero-order valence-electron chi connectivity index (χ0n) is 10.7. The van der Waals surface area contributed by atoms with Gasteiger partial charge in [0, 0.05) is 30.1 Å². The van der Waals surface area contributed by atoms with E-state index in [1.54, 1.807) is 7.11 Å². The van der Waals surface area contributed by atoms with Gasteiger partial charge in [-0.2, -0.15) is 0 Å². The van der Waals surface area contributed by atoms with Crippen molar-refractivity contribution in [3.63, 3.8) is 0 Å². The molecule has 1 N–H and O–H groups in total. The fraction of sp³-hybridized carbons (Fsp3) is 0.571. The van der Waals surface area contributed by atoms with Crippen LogP contribution in [-0.4, -0.2) is 33.3 Å². The number of ether oxygens (including phenoxy) is 1. The Morgan fingerprint density at radius 3 is 2.89 bits per heavy atom. The number of halogens is 1. The minimum absolute atomic E-state index is 0.478. The van der Waals surface area contributed by atoms with Crippen molar-refractivity contribution < 1.29 is 4.74 Å². The van der Waals surface area contributed by atoms with Crippen LogP contribution in [0.15, 0.2) is 18.2 Å². The second-order valence-corrected chi connectivity index (χ2v) is 5.89. The molecule has 0 amide bonds. The van der Waals surface area contributed by atoms with Crippen molar-refractivity contribution in [3.05, 3.63) is 23.2 Å². The standard InChI is InChI=1S/C14H19ClN2O/c1-18-13-4-3-11(15)7-12(13)17-9-14(10-17)5-2-6-16-8-14/h3-4,7,16H,2,5-6,8-10H2,1H3. The average molecular weight is 267 g/mol. The van der Waals surface area contributed by atoms with Crippen molar-refractivity contribution in [2.75, 3.05) is 38.2 Å². The molecule has 4 heteroatoms. The molecule has 1 aromatic carbocycles. The van der Waals surface area contributed by atoms with Crippen LogP contribution in [-0.2, 0) is 0 Å². The van der Waals surface area contributed by atoms with Gasteiger partial charge in [-0.3, -0.25) is 0 Å². The molecule has 1 spiro atoms. The molecular formula is C14H19ClN2O. The highest BCUT2D eigenvalue weighted by molar-refractivity contribution is 6.30. The predicted octanol–water partition coefficient (Wildman–Crippen LogP) is 2.54. The lowest BCUT2D eigenvalue weighted by molar-refractivity contribution is 0.156. The molecule has 2 saturated heterocycles. The number of rotatable bonds is 2. The molecule has 98 valence electrons. The summed E-state index contributed by atoms with van der Waals surface area (Å²) in [7, 11) is 1.71. The molecule has 0 bridgehead atoms. The van der Waals surface area contributed by atoms with Crippen LogP contribution < -0.4 is 15.0 Å². The third-order valence-electron chi connectivity index (χ3n) is 4.09. The Morgan fingerprint density at radius 1 is 1.39 bits per heavy atom. The second kappa shape index (κ2) is 4.63. The Bertz CT molecular complexity index is 435. The van der Waals surface area contributed by atoms with E-state index in [0.29, 0.717) is 5.41 Å². The second-order valence-electron chi connectivity index (χ2n) is 5.45. The van der Waals surface area contributed by atoms with Gasteiger partial charge >= 0.3 is 0 Å². The van der Waals surface area contributed by atoms with E-state index in [-0.39, 0.29) is 0 Å². The molecule has 0 atom stereocenters. The highest BCUT2D eigenvalue weighted by atomic mass is 35.5. The largest absolute Gasteiger partial charge is 0.495 e. The Hall–Kier alpha value is -0.930. The van der Waals surface area contributed by atoms with Gasteiger partial charge in [0.1, 0.15) is 5.75 Å². The van der Waals surface area contributed by atoms with Crippen LogP contribution in [0.4, 0.5) is 5.69 Å². The van der Waals surface area contributed by atoms with Gasteiger partial charge in [-0.05, 0) is 37.6 Å². The topological polar surface area (TPSA) is 24.5 Å². The molecule has 0 aliphatic carbocycles. The van der Waals surface area contributed by atoms with Gasteiger partial charge in [-0.25, -0.2) is 0 Å². The number of anilines is 1. The maximum atomic E-state index is 6.08. The van der Waals surface area contributed by atoms with Crippen LogP contribution in [0.5, 0.6) is 5.75 Å². The summed E-state index contributed by atoms with van der Waals surface area (Å²) < 4.78 is 5.42. The lowest BCUT2D eigenvalue weighted by Crippen LogP contribution is -2.62. The fourth-order valence-electron chi connectivity index (χ4n) is 3.14. The molecule has 2 aliphatic rings. The van der Waals surface area contributed by atoms with Crippen molar-refractivity contribution in [2.24, 2.45) is 5.41 Å². The lowest BCUT2D eigenvalue weighted by atomic mass is 9.74. The van der Waals surface area contributed by atoms with Crippen LogP contribution >= 0.6 is 11.6 Å². The van der Waals surface area contributed by atoms with Crippen LogP contribution in [0.3, 0.4) is 0 Å². The summed E-state index contributed by atoms with van der Waals surface area (Å²) in [5, 5.41) is 4.28. The number of nitrogens with one attached hydrogen (secondary N) is 1. The number of benzene rings is 1. The maximum absolute atomic E-state index is 6.08. The minimum atomic E-state index is 0.478. The summed E-state index contributed by atoms with van der Waals surface area (Å²) in [5.74, 6) is 0.915. The SMILES string of the molecule is COc1ccc(Cl)cc1N1CC2(CCCNC2)C1. The van der Waals surface area contributed by atoms with E-state index < -0.39 is 0 Å². The Balaban J connectivity index is 1.75. The van der Waals surface area contributed by atoms with Gasteiger partial charge in [-0.1, -0.05) is 11.6 Å². The molecule has 0 aromatic heterocycles. The molecule has 2 aliphatic heterocycles. The Kier molecular flexibility index (Phi) is 3.12. The van der Waals surface area contributed by atoms with Gasteiger partial charge in [0.05, 0.1) is 12.8 Å². The van der Waals surface area contributed by atoms with E-state index in [2.05, 4.69) is 10.2 Å². The van der Waals surface area contributed by atoms with Crippen molar-refractivity contribution in [1.82, 2.24) is 5.32 Å². The van der Waals surface area contributed by atoms with Crippen molar-refractivity contribution in [1.29, 1.82) is 0 Å². The van der Waals surface area contributed by atoms with E-state index in [1.165, 1.54) is 19.4 Å². The molecular weight excluding hydrogens is 248 g/mol. The number of hydrogen-bond donors (Lipinski definition) is 1. The first kappa shape index (κ1) is 12.1. The third kappa shape index (κ3) is 2.06. The van der Waals surface area contributed by atoms with Gasteiger partial charge in [0.15, 0.2) is 0 Å². The maximum Gasteiger partial charge on any atom is 0.142 e. The summed E-state index contributed by atoms with van der Waals surface area (Å²) in [6.07, 6.45) is 2.62. The van der Waals surface area contributed by atoms with Crippen molar-refractivity contribution >= 4 is 17.3 Å². The summed E-state index contributed by atoms with van der Waals surface area (Å²) >= 11 is 6.08. The Morgan fingerprint density at radius 2 is 2.22 bits per heavy atom. The van der Waals surface area contributed by atoms with E-state index >= 15 is 0 Å². The smallest absolute Gasteiger partial charge is 0.142 e. The fourth-order valence-corrected chi connectivity index (χ4v) is 3.31. The molecule has 18 heavy (non-hydrogen) atoms. The Labute approximate surface area is 113 Å². The summed E-state index contributed by atoms with van der Waals surface area (Å²) in [6.45, 7) is 4.53. The van der Waals surface area contributed by atoms with Gasteiger partial charge in [-0.15, -0.1) is 0 Å². The van der Waals surface area contributed by atoms with Crippen LogP contribution in [0.2, 0.25) is 5.02 Å². The van der Waals surface area contributed by atoms with Crippen LogP contribution in [0.25, 0.3) is 0 Å².